The maximum atomic E-state index is 13.0. The molecule has 0 saturated heterocycles. The van der Waals surface area contributed by atoms with Gasteiger partial charge in [-0.2, -0.15) is 0 Å². The summed E-state index contributed by atoms with van der Waals surface area (Å²) in [5.41, 5.74) is 5.79. The van der Waals surface area contributed by atoms with Gasteiger partial charge in [0, 0.05) is 23.4 Å². The first-order chi connectivity index (χ1) is 9.47. The van der Waals surface area contributed by atoms with Gasteiger partial charge in [-0.15, -0.1) is 0 Å². The van der Waals surface area contributed by atoms with Crippen molar-refractivity contribution >= 4 is 23.0 Å². The number of hydrogen-bond acceptors (Lipinski definition) is 4. The number of nitro groups is 1. The van der Waals surface area contributed by atoms with Gasteiger partial charge in [0.1, 0.15) is 5.82 Å². The van der Waals surface area contributed by atoms with Crippen LogP contribution < -0.4 is 11.1 Å². The van der Waals surface area contributed by atoms with Gasteiger partial charge in [0.25, 0.3) is 11.6 Å². The topological polar surface area (TPSA) is 98.3 Å². The molecule has 0 spiro atoms. The zero-order valence-electron chi connectivity index (χ0n) is 10.2. The molecule has 3 N–H and O–H groups in total. The maximum Gasteiger partial charge on any atom is 0.269 e. The molecule has 2 rings (SSSR count). The smallest absolute Gasteiger partial charge is 0.269 e. The highest BCUT2D eigenvalue weighted by molar-refractivity contribution is 6.04. The normalized spacial score (nSPS) is 10.1. The van der Waals surface area contributed by atoms with E-state index in [2.05, 4.69) is 5.32 Å². The van der Waals surface area contributed by atoms with Crippen LogP contribution >= 0.6 is 0 Å². The first-order valence-electron chi connectivity index (χ1n) is 5.58. The Labute approximate surface area is 113 Å². The number of benzene rings is 2. The van der Waals surface area contributed by atoms with Crippen LogP contribution in [0.5, 0.6) is 0 Å². The molecule has 0 unspecified atom stereocenters. The predicted molar refractivity (Wildman–Crippen MR) is 71.9 cm³/mol. The molecule has 0 saturated carbocycles. The van der Waals surface area contributed by atoms with Crippen molar-refractivity contribution < 1.29 is 14.1 Å². The number of anilines is 2. The molecule has 1 amide bonds. The van der Waals surface area contributed by atoms with Crippen molar-refractivity contribution in [3.8, 4) is 0 Å². The molecule has 6 nitrogen and oxygen atoms in total. The maximum absolute atomic E-state index is 13.0. The number of halogens is 1. The lowest BCUT2D eigenvalue weighted by molar-refractivity contribution is -0.384. The second-order valence-electron chi connectivity index (χ2n) is 3.99. The van der Waals surface area contributed by atoms with Crippen molar-refractivity contribution in [1.82, 2.24) is 0 Å². The third-order valence-corrected chi connectivity index (χ3v) is 2.59. The highest BCUT2D eigenvalue weighted by atomic mass is 19.1. The van der Waals surface area contributed by atoms with Crippen LogP contribution in [0.2, 0.25) is 0 Å². The minimum Gasteiger partial charge on any atom is -0.396 e. The molecule has 2 aromatic rings. The second-order valence-corrected chi connectivity index (χ2v) is 3.99. The zero-order valence-corrected chi connectivity index (χ0v) is 10.2. The van der Waals surface area contributed by atoms with E-state index in [9.17, 15) is 19.3 Å². The number of carbonyl (C=O) groups excluding carboxylic acids is 1. The van der Waals surface area contributed by atoms with Crippen molar-refractivity contribution in [1.29, 1.82) is 0 Å². The minimum atomic E-state index is -0.571. The van der Waals surface area contributed by atoms with Crippen LogP contribution in [0.4, 0.5) is 21.5 Å². The molecule has 102 valence electrons. The summed E-state index contributed by atoms with van der Waals surface area (Å²) in [5, 5.41) is 13.0. The number of nitrogens with zero attached hydrogens (tertiary/aromatic N) is 1. The number of carbonyl (C=O) groups is 1. The van der Waals surface area contributed by atoms with Crippen LogP contribution in [-0.2, 0) is 0 Å². The van der Waals surface area contributed by atoms with Crippen molar-refractivity contribution in [3.63, 3.8) is 0 Å². The van der Waals surface area contributed by atoms with Gasteiger partial charge >= 0.3 is 0 Å². The third kappa shape index (κ3) is 2.89. The van der Waals surface area contributed by atoms with Crippen molar-refractivity contribution in [2.75, 3.05) is 11.1 Å². The Morgan fingerprint density at radius 2 is 1.85 bits per heavy atom. The van der Waals surface area contributed by atoms with Crippen LogP contribution in [0.25, 0.3) is 0 Å². The Balaban J connectivity index is 2.15. The lowest BCUT2D eigenvalue weighted by atomic mass is 10.2. The van der Waals surface area contributed by atoms with E-state index in [-0.39, 0.29) is 16.9 Å². The van der Waals surface area contributed by atoms with E-state index in [0.717, 1.165) is 6.07 Å². The summed E-state index contributed by atoms with van der Waals surface area (Å²) in [4.78, 5) is 21.8. The summed E-state index contributed by atoms with van der Waals surface area (Å²) in [5.74, 6) is -1.04. The van der Waals surface area contributed by atoms with E-state index < -0.39 is 16.6 Å². The Bertz CT molecular complexity index is 671. The van der Waals surface area contributed by atoms with Gasteiger partial charge in [-0.1, -0.05) is 0 Å². The molecular formula is C13H10FN3O3. The summed E-state index contributed by atoms with van der Waals surface area (Å²) < 4.78 is 13.0. The summed E-state index contributed by atoms with van der Waals surface area (Å²) in [6, 6.07) is 8.93. The fourth-order valence-corrected chi connectivity index (χ4v) is 1.56. The van der Waals surface area contributed by atoms with E-state index in [0.29, 0.717) is 5.69 Å². The third-order valence-electron chi connectivity index (χ3n) is 2.59. The summed E-state index contributed by atoms with van der Waals surface area (Å²) in [6.07, 6.45) is 0. The summed E-state index contributed by atoms with van der Waals surface area (Å²) in [7, 11) is 0. The lowest BCUT2D eigenvalue weighted by Gasteiger charge is -2.06. The molecule has 7 heteroatoms. The van der Waals surface area contributed by atoms with Crippen molar-refractivity contribution in [2.24, 2.45) is 0 Å². The molecular weight excluding hydrogens is 265 g/mol. The van der Waals surface area contributed by atoms with Crippen LogP contribution in [0.15, 0.2) is 42.5 Å². The van der Waals surface area contributed by atoms with Crippen molar-refractivity contribution in [3.05, 3.63) is 64.0 Å². The monoisotopic (exact) mass is 275 g/mol. The van der Waals surface area contributed by atoms with E-state index in [1.807, 2.05) is 0 Å². The molecule has 0 aliphatic carbocycles. The Morgan fingerprint density at radius 3 is 2.40 bits per heavy atom. The standard InChI is InChI=1S/C13H10FN3O3/c14-11-6-3-9(7-12(11)15)16-13(18)8-1-4-10(5-2-8)17(19)20/h1-7H,15H2,(H,16,18). The van der Waals surface area contributed by atoms with Gasteiger partial charge in [0.15, 0.2) is 0 Å². The van der Waals surface area contributed by atoms with Crippen molar-refractivity contribution in [2.45, 2.75) is 0 Å². The van der Waals surface area contributed by atoms with Gasteiger partial charge in [0.05, 0.1) is 10.6 Å². The molecule has 2 aromatic carbocycles. The molecule has 0 heterocycles. The molecule has 20 heavy (non-hydrogen) atoms. The lowest BCUT2D eigenvalue weighted by Crippen LogP contribution is -2.12. The number of rotatable bonds is 3. The minimum absolute atomic E-state index is 0.0773. The average molecular weight is 275 g/mol. The van der Waals surface area contributed by atoms with Gasteiger partial charge in [0.2, 0.25) is 0 Å². The predicted octanol–water partition coefficient (Wildman–Crippen LogP) is 2.57. The van der Waals surface area contributed by atoms with Gasteiger partial charge < -0.3 is 11.1 Å². The molecule has 0 aromatic heterocycles. The Morgan fingerprint density at radius 1 is 1.20 bits per heavy atom. The SMILES string of the molecule is Nc1cc(NC(=O)c2ccc([N+](=O)[O-])cc2)ccc1F. The van der Waals surface area contributed by atoms with Crippen LogP contribution in [0, 0.1) is 15.9 Å². The largest absolute Gasteiger partial charge is 0.396 e. The molecule has 0 aliphatic heterocycles. The summed E-state index contributed by atoms with van der Waals surface area (Å²) >= 11 is 0. The average Bonchev–Trinajstić information content (AvgIpc) is 2.43. The number of non-ortho nitro benzene ring substituents is 1. The van der Waals surface area contributed by atoms with Gasteiger partial charge in [-0.3, -0.25) is 14.9 Å². The number of nitrogens with one attached hydrogen (secondary N) is 1. The van der Waals surface area contributed by atoms with E-state index >= 15 is 0 Å². The van der Waals surface area contributed by atoms with E-state index in [1.165, 1.54) is 36.4 Å². The molecule has 0 aliphatic rings. The molecule has 0 bridgehead atoms. The highest BCUT2D eigenvalue weighted by Crippen LogP contribution is 2.18. The number of nitrogens with two attached hydrogens (primary N) is 1. The number of nitrogen functional groups attached to an aromatic ring is 1. The Hall–Kier alpha value is -2.96. The van der Waals surface area contributed by atoms with Crippen LogP contribution in [0.1, 0.15) is 10.4 Å². The number of hydrogen-bond donors (Lipinski definition) is 2. The fourth-order valence-electron chi connectivity index (χ4n) is 1.56. The van der Waals surface area contributed by atoms with Gasteiger partial charge in [-0.05, 0) is 30.3 Å². The van der Waals surface area contributed by atoms with Crippen LogP contribution in [0.3, 0.4) is 0 Å². The second kappa shape index (κ2) is 5.35. The molecule has 0 radical (unpaired) electrons. The van der Waals surface area contributed by atoms with E-state index in [1.54, 1.807) is 0 Å². The molecule has 0 fully saturated rings. The van der Waals surface area contributed by atoms with Crippen LogP contribution in [-0.4, -0.2) is 10.8 Å². The number of nitro benzene ring substituents is 1. The quantitative estimate of drug-likeness (QED) is 0.511. The van der Waals surface area contributed by atoms with Gasteiger partial charge in [-0.25, -0.2) is 4.39 Å². The zero-order chi connectivity index (χ0) is 14.7. The number of amides is 1. The first kappa shape index (κ1) is 13.5. The highest BCUT2D eigenvalue weighted by Gasteiger charge is 2.10. The fraction of sp³-hybridized carbons (Fsp3) is 0. The first-order valence-corrected chi connectivity index (χ1v) is 5.58. The summed E-state index contributed by atoms with van der Waals surface area (Å²) in [6.45, 7) is 0. The molecule has 0 atom stereocenters. The van der Waals surface area contributed by atoms with E-state index in [4.69, 9.17) is 5.73 Å². The Kier molecular flexibility index (Phi) is 3.60.